The lowest BCUT2D eigenvalue weighted by atomic mass is 10.1. The van der Waals surface area contributed by atoms with Crippen molar-refractivity contribution in [2.75, 3.05) is 6.61 Å². The molecule has 0 fully saturated rings. The Morgan fingerprint density at radius 3 is 2.31 bits per heavy atom. The molecule has 0 radical (unpaired) electrons. The minimum absolute atomic E-state index is 0.0513. The highest BCUT2D eigenvalue weighted by atomic mass is 16.5. The van der Waals surface area contributed by atoms with Gasteiger partial charge in [0.15, 0.2) is 5.78 Å². The first kappa shape index (κ1) is 11.9. The average molecular weight is 184 g/mol. The third-order valence-electron chi connectivity index (χ3n) is 1.35. The number of ether oxygens (including phenoxy) is 1. The third-order valence-corrected chi connectivity index (χ3v) is 1.35. The highest BCUT2D eigenvalue weighted by Gasteiger charge is 2.09. The molecular formula is C10H16O3. The van der Waals surface area contributed by atoms with Crippen molar-refractivity contribution < 1.29 is 14.3 Å². The van der Waals surface area contributed by atoms with E-state index in [0.717, 1.165) is 0 Å². The van der Waals surface area contributed by atoms with E-state index >= 15 is 0 Å². The van der Waals surface area contributed by atoms with E-state index < -0.39 is 5.97 Å². The van der Waals surface area contributed by atoms with E-state index in [-0.39, 0.29) is 12.4 Å². The fraction of sp³-hybridized carbons (Fsp3) is 0.600. The first-order valence-electron chi connectivity index (χ1n) is 4.27. The second kappa shape index (κ2) is 5.51. The molecule has 0 unspecified atom stereocenters. The summed E-state index contributed by atoms with van der Waals surface area (Å²) < 4.78 is 4.68. The maximum Gasteiger partial charge on any atom is 0.333 e. The van der Waals surface area contributed by atoms with Crippen molar-refractivity contribution in [3.8, 4) is 0 Å². The van der Waals surface area contributed by atoms with Gasteiger partial charge in [0, 0.05) is 12.0 Å². The Labute approximate surface area is 78.8 Å². The molecule has 0 aliphatic heterocycles. The quantitative estimate of drug-likeness (QED) is 0.482. The standard InChI is InChI=1S/C10H16O3/c1-7(2)5-9(11)6-13-10(12)8(3)4/h7H,3,5-6H2,1-2,4H3. The fourth-order valence-electron chi connectivity index (χ4n) is 0.784. The van der Waals surface area contributed by atoms with Gasteiger partial charge in [-0.05, 0) is 12.8 Å². The molecule has 0 aromatic heterocycles. The van der Waals surface area contributed by atoms with Gasteiger partial charge >= 0.3 is 5.97 Å². The molecule has 74 valence electrons. The molecule has 0 saturated carbocycles. The van der Waals surface area contributed by atoms with E-state index in [1.54, 1.807) is 6.92 Å². The van der Waals surface area contributed by atoms with Crippen LogP contribution in [0.25, 0.3) is 0 Å². The van der Waals surface area contributed by atoms with Crippen molar-refractivity contribution in [2.24, 2.45) is 5.92 Å². The SMILES string of the molecule is C=C(C)C(=O)OCC(=O)CC(C)C. The zero-order valence-electron chi connectivity index (χ0n) is 8.42. The van der Waals surface area contributed by atoms with Crippen LogP contribution in [-0.2, 0) is 14.3 Å². The monoisotopic (exact) mass is 184 g/mol. The minimum atomic E-state index is -0.503. The summed E-state index contributed by atoms with van der Waals surface area (Å²) in [7, 11) is 0. The largest absolute Gasteiger partial charge is 0.454 e. The topological polar surface area (TPSA) is 43.4 Å². The maximum atomic E-state index is 11.1. The van der Waals surface area contributed by atoms with Crippen LogP contribution >= 0.6 is 0 Å². The van der Waals surface area contributed by atoms with Crippen molar-refractivity contribution in [1.82, 2.24) is 0 Å². The Morgan fingerprint density at radius 1 is 1.38 bits per heavy atom. The summed E-state index contributed by atoms with van der Waals surface area (Å²) in [6, 6.07) is 0. The molecule has 0 saturated heterocycles. The summed E-state index contributed by atoms with van der Waals surface area (Å²) in [5.41, 5.74) is 0.317. The molecule has 3 nitrogen and oxygen atoms in total. The Balaban J connectivity index is 3.71. The molecule has 0 aliphatic carbocycles. The molecule has 0 amide bonds. The van der Waals surface area contributed by atoms with Crippen LogP contribution in [0, 0.1) is 5.92 Å². The van der Waals surface area contributed by atoms with Gasteiger partial charge in [-0.15, -0.1) is 0 Å². The minimum Gasteiger partial charge on any atom is -0.454 e. The highest BCUT2D eigenvalue weighted by molar-refractivity contribution is 5.89. The van der Waals surface area contributed by atoms with Gasteiger partial charge in [-0.1, -0.05) is 20.4 Å². The Morgan fingerprint density at radius 2 is 1.92 bits per heavy atom. The molecule has 0 atom stereocenters. The zero-order valence-corrected chi connectivity index (χ0v) is 8.42. The number of Topliss-reactive ketones (excluding diaryl/α,β-unsaturated/α-hetero) is 1. The fourth-order valence-corrected chi connectivity index (χ4v) is 0.784. The van der Waals surface area contributed by atoms with E-state index in [0.29, 0.717) is 17.9 Å². The smallest absolute Gasteiger partial charge is 0.333 e. The maximum absolute atomic E-state index is 11.1. The molecule has 0 aromatic rings. The molecular weight excluding hydrogens is 168 g/mol. The van der Waals surface area contributed by atoms with E-state index in [9.17, 15) is 9.59 Å². The van der Waals surface area contributed by atoms with Crippen molar-refractivity contribution in [2.45, 2.75) is 27.2 Å². The van der Waals surface area contributed by atoms with Crippen LogP contribution < -0.4 is 0 Å². The van der Waals surface area contributed by atoms with Gasteiger partial charge in [0.25, 0.3) is 0 Å². The number of rotatable bonds is 5. The molecule has 0 spiro atoms. The van der Waals surface area contributed by atoms with Gasteiger partial charge in [0.05, 0.1) is 0 Å². The van der Waals surface area contributed by atoms with E-state index in [1.165, 1.54) is 0 Å². The Kier molecular flexibility index (Phi) is 5.04. The molecule has 0 aliphatic rings. The second-order valence-electron chi connectivity index (χ2n) is 3.49. The van der Waals surface area contributed by atoms with E-state index in [2.05, 4.69) is 11.3 Å². The highest BCUT2D eigenvalue weighted by Crippen LogP contribution is 2.01. The van der Waals surface area contributed by atoms with Crippen molar-refractivity contribution in [3.05, 3.63) is 12.2 Å². The molecule has 0 bridgehead atoms. The van der Waals surface area contributed by atoms with Gasteiger partial charge in [0.2, 0.25) is 0 Å². The van der Waals surface area contributed by atoms with Crippen molar-refractivity contribution >= 4 is 11.8 Å². The van der Waals surface area contributed by atoms with Gasteiger partial charge in [-0.3, -0.25) is 4.79 Å². The predicted octanol–water partition coefficient (Wildman–Crippen LogP) is 1.72. The van der Waals surface area contributed by atoms with Crippen molar-refractivity contribution in [3.63, 3.8) is 0 Å². The van der Waals surface area contributed by atoms with Crippen LogP contribution in [0.5, 0.6) is 0 Å². The average Bonchev–Trinajstić information content (AvgIpc) is 1.98. The lowest BCUT2D eigenvalue weighted by molar-refractivity contribution is -0.144. The van der Waals surface area contributed by atoms with Crippen LogP contribution in [0.4, 0.5) is 0 Å². The predicted molar refractivity (Wildman–Crippen MR) is 50.2 cm³/mol. The zero-order chi connectivity index (χ0) is 10.4. The number of hydrogen-bond acceptors (Lipinski definition) is 3. The summed E-state index contributed by atoms with van der Waals surface area (Å²) >= 11 is 0. The molecule has 3 heteroatoms. The number of hydrogen-bond donors (Lipinski definition) is 0. The number of carbonyl (C=O) groups excluding carboxylic acids is 2. The van der Waals surface area contributed by atoms with E-state index in [4.69, 9.17) is 0 Å². The third kappa shape index (κ3) is 6.08. The Hall–Kier alpha value is -1.12. The van der Waals surface area contributed by atoms with Crippen LogP contribution in [-0.4, -0.2) is 18.4 Å². The van der Waals surface area contributed by atoms with Gasteiger partial charge in [-0.25, -0.2) is 4.79 Å². The summed E-state index contributed by atoms with van der Waals surface area (Å²) in [6.45, 7) is 8.71. The normalized spacial score (nSPS) is 9.85. The summed E-state index contributed by atoms with van der Waals surface area (Å²) in [5, 5.41) is 0. The summed E-state index contributed by atoms with van der Waals surface area (Å²) in [6.07, 6.45) is 0.448. The van der Waals surface area contributed by atoms with Crippen LogP contribution in [0.2, 0.25) is 0 Å². The van der Waals surface area contributed by atoms with Crippen molar-refractivity contribution in [1.29, 1.82) is 0 Å². The summed E-state index contributed by atoms with van der Waals surface area (Å²) in [4.78, 5) is 21.9. The van der Waals surface area contributed by atoms with Gasteiger partial charge in [-0.2, -0.15) is 0 Å². The number of carbonyl (C=O) groups is 2. The lowest BCUT2D eigenvalue weighted by Gasteiger charge is -2.05. The van der Waals surface area contributed by atoms with E-state index in [1.807, 2.05) is 13.8 Å². The molecule has 0 heterocycles. The molecule has 0 N–H and O–H groups in total. The number of ketones is 1. The molecule has 0 aromatic carbocycles. The first-order valence-corrected chi connectivity index (χ1v) is 4.27. The second-order valence-corrected chi connectivity index (χ2v) is 3.49. The van der Waals surface area contributed by atoms with Gasteiger partial charge < -0.3 is 4.74 Å². The van der Waals surface area contributed by atoms with Gasteiger partial charge in [0.1, 0.15) is 6.61 Å². The van der Waals surface area contributed by atoms with Crippen LogP contribution in [0.1, 0.15) is 27.2 Å². The lowest BCUT2D eigenvalue weighted by Crippen LogP contribution is -2.15. The number of esters is 1. The molecule has 13 heavy (non-hydrogen) atoms. The first-order chi connectivity index (χ1) is 5.93. The Bertz CT molecular complexity index is 216. The molecule has 0 rings (SSSR count). The van der Waals surface area contributed by atoms with Crippen LogP contribution in [0.15, 0.2) is 12.2 Å². The summed E-state index contributed by atoms with van der Waals surface area (Å²) in [5.74, 6) is -0.252. The van der Waals surface area contributed by atoms with Crippen LogP contribution in [0.3, 0.4) is 0 Å².